The molecule has 3 rings (SSSR count). The number of benzene rings is 3. The van der Waals surface area contributed by atoms with Crippen LogP contribution in [-0.4, -0.2) is 13.6 Å². The van der Waals surface area contributed by atoms with Gasteiger partial charge in [-0.3, -0.25) is 0 Å². The van der Waals surface area contributed by atoms with Gasteiger partial charge >= 0.3 is 0 Å². The zero-order valence-electron chi connectivity index (χ0n) is 13.4. The summed E-state index contributed by atoms with van der Waals surface area (Å²) in [6.07, 6.45) is 2.30. The first-order chi connectivity index (χ1) is 11.3. The van der Waals surface area contributed by atoms with E-state index in [1.54, 1.807) is 0 Å². The number of hydrogen-bond donors (Lipinski definition) is 0. The van der Waals surface area contributed by atoms with Crippen molar-refractivity contribution in [3.8, 4) is 0 Å². The maximum Gasteiger partial charge on any atom is 0.0366 e. The topological polar surface area (TPSA) is 3.24 Å². The lowest BCUT2D eigenvalue weighted by Gasteiger charge is -2.18. The molecule has 0 spiro atoms. The van der Waals surface area contributed by atoms with E-state index in [-0.39, 0.29) is 0 Å². The van der Waals surface area contributed by atoms with E-state index in [9.17, 15) is 0 Å². The van der Waals surface area contributed by atoms with Gasteiger partial charge in [-0.25, -0.2) is 0 Å². The lowest BCUT2D eigenvalue weighted by molar-refractivity contribution is 1.03. The minimum Gasteiger partial charge on any atom is -0.371 e. The Morgan fingerprint density at radius 1 is 0.696 bits per heavy atom. The van der Waals surface area contributed by atoms with Crippen LogP contribution in [0.5, 0.6) is 0 Å². The SMILES string of the molecule is CN(CC=C(c1ccccc1)c1ccccc1)c1ccccc1. The molecule has 114 valence electrons. The van der Waals surface area contributed by atoms with Gasteiger partial charge in [-0.2, -0.15) is 0 Å². The van der Waals surface area contributed by atoms with E-state index in [4.69, 9.17) is 0 Å². The molecule has 0 aliphatic rings. The van der Waals surface area contributed by atoms with E-state index >= 15 is 0 Å². The van der Waals surface area contributed by atoms with Crippen molar-refractivity contribution in [2.45, 2.75) is 0 Å². The molecule has 0 aromatic heterocycles. The van der Waals surface area contributed by atoms with Crippen LogP contribution in [0.15, 0.2) is 97.1 Å². The molecule has 0 aliphatic carbocycles. The van der Waals surface area contributed by atoms with Crippen LogP contribution in [0.1, 0.15) is 11.1 Å². The number of hydrogen-bond acceptors (Lipinski definition) is 1. The van der Waals surface area contributed by atoms with E-state index in [1.807, 2.05) is 6.07 Å². The minimum absolute atomic E-state index is 0.864. The van der Waals surface area contributed by atoms with E-state index in [0.717, 1.165) is 6.54 Å². The number of para-hydroxylation sites is 1. The highest BCUT2D eigenvalue weighted by Gasteiger charge is 2.05. The molecule has 0 aliphatic heterocycles. The summed E-state index contributed by atoms with van der Waals surface area (Å²) in [6, 6.07) is 31.6. The van der Waals surface area contributed by atoms with E-state index in [1.165, 1.54) is 22.4 Å². The summed E-state index contributed by atoms with van der Waals surface area (Å²) in [4.78, 5) is 2.26. The number of anilines is 1. The fourth-order valence-corrected chi connectivity index (χ4v) is 2.65. The third kappa shape index (κ3) is 3.89. The van der Waals surface area contributed by atoms with Gasteiger partial charge in [0.15, 0.2) is 0 Å². The Balaban J connectivity index is 1.90. The molecule has 3 aromatic rings. The number of likely N-dealkylation sites (N-methyl/N-ethyl adjacent to an activating group) is 1. The number of nitrogens with zero attached hydrogens (tertiary/aromatic N) is 1. The lowest BCUT2D eigenvalue weighted by Crippen LogP contribution is -2.17. The monoisotopic (exact) mass is 299 g/mol. The van der Waals surface area contributed by atoms with Crippen LogP contribution in [0.2, 0.25) is 0 Å². The van der Waals surface area contributed by atoms with Crippen molar-refractivity contribution in [3.63, 3.8) is 0 Å². The van der Waals surface area contributed by atoms with Crippen LogP contribution in [-0.2, 0) is 0 Å². The quantitative estimate of drug-likeness (QED) is 0.621. The lowest BCUT2D eigenvalue weighted by atomic mass is 9.97. The number of rotatable bonds is 5. The Bertz CT molecular complexity index is 704. The van der Waals surface area contributed by atoms with Gasteiger partial charge in [0.2, 0.25) is 0 Å². The van der Waals surface area contributed by atoms with Crippen LogP contribution in [0.3, 0.4) is 0 Å². The summed E-state index contributed by atoms with van der Waals surface area (Å²) < 4.78 is 0. The van der Waals surface area contributed by atoms with Gasteiger partial charge in [-0.05, 0) is 28.8 Å². The molecule has 23 heavy (non-hydrogen) atoms. The van der Waals surface area contributed by atoms with Gasteiger partial charge in [0.05, 0.1) is 0 Å². The first-order valence-electron chi connectivity index (χ1n) is 7.92. The summed E-state index contributed by atoms with van der Waals surface area (Å²) in [5.74, 6) is 0. The minimum atomic E-state index is 0.864. The Morgan fingerprint density at radius 2 is 1.13 bits per heavy atom. The first-order valence-corrected chi connectivity index (χ1v) is 7.92. The van der Waals surface area contributed by atoms with E-state index < -0.39 is 0 Å². The molecule has 0 radical (unpaired) electrons. The molecule has 1 nitrogen and oxygen atoms in total. The zero-order chi connectivity index (χ0) is 15.9. The molecule has 3 aromatic carbocycles. The molecule has 1 heteroatoms. The van der Waals surface area contributed by atoms with Crippen LogP contribution >= 0.6 is 0 Å². The van der Waals surface area contributed by atoms with Crippen LogP contribution in [0.25, 0.3) is 5.57 Å². The Kier molecular flexibility index (Phi) is 4.90. The van der Waals surface area contributed by atoms with Crippen molar-refractivity contribution in [2.24, 2.45) is 0 Å². The fourth-order valence-electron chi connectivity index (χ4n) is 2.65. The molecule has 0 unspecified atom stereocenters. The van der Waals surface area contributed by atoms with Crippen molar-refractivity contribution in [2.75, 3.05) is 18.5 Å². The zero-order valence-corrected chi connectivity index (χ0v) is 13.4. The molecule has 0 heterocycles. The average molecular weight is 299 g/mol. The van der Waals surface area contributed by atoms with Gasteiger partial charge in [0.1, 0.15) is 0 Å². The normalized spacial score (nSPS) is 10.1. The summed E-state index contributed by atoms with van der Waals surface area (Å²) >= 11 is 0. The van der Waals surface area contributed by atoms with Crippen molar-refractivity contribution >= 4 is 11.3 Å². The van der Waals surface area contributed by atoms with E-state index in [2.05, 4.69) is 103 Å². The summed E-state index contributed by atoms with van der Waals surface area (Å²) in [6.45, 7) is 0.864. The second-order valence-electron chi connectivity index (χ2n) is 5.57. The van der Waals surface area contributed by atoms with Gasteiger partial charge in [0, 0.05) is 19.3 Å². The molecule has 0 amide bonds. The maximum absolute atomic E-state index is 2.30. The molecule has 0 saturated carbocycles. The van der Waals surface area contributed by atoms with Gasteiger partial charge in [-0.15, -0.1) is 0 Å². The van der Waals surface area contributed by atoms with Gasteiger partial charge in [-0.1, -0.05) is 84.9 Å². The van der Waals surface area contributed by atoms with Crippen molar-refractivity contribution in [1.29, 1.82) is 0 Å². The highest BCUT2D eigenvalue weighted by atomic mass is 15.1. The second-order valence-corrected chi connectivity index (χ2v) is 5.57. The van der Waals surface area contributed by atoms with Crippen LogP contribution in [0.4, 0.5) is 5.69 Å². The van der Waals surface area contributed by atoms with Crippen LogP contribution < -0.4 is 4.90 Å². The molecule has 0 N–H and O–H groups in total. The first kappa shape index (κ1) is 15.1. The average Bonchev–Trinajstić information content (AvgIpc) is 2.64. The predicted octanol–water partition coefficient (Wildman–Crippen LogP) is 5.25. The smallest absolute Gasteiger partial charge is 0.0366 e. The molecule has 0 bridgehead atoms. The molecule has 0 fully saturated rings. The summed E-state index contributed by atoms with van der Waals surface area (Å²) in [5.41, 5.74) is 5.00. The largest absolute Gasteiger partial charge is 0.371 e. The fraction of sp³-hybridized carbons (Fsp3) is 0.0909. The van der Waals surface area contributed by atoms with Crippen molar-refractivity contribution in [3.05, 3.63) is 108 Å². The summed E-state index contributed by atoms with van der Waals surface area (Å²) in [7, 11) is 2.12. The maximum atomic E-state index is 2.30. The molecular formula is C22H21N. The Morgan fingerprint density at radius 3 is 1.61 bits per heavy atom. The highest BCUT2D eigenvalue weighted by molar-refractivity contribution is 5.80. The van der Waals surface area contributed by atoms with Gasteiger partial charge < -0.3 is 4.90 Å². The Labute approximate surface area is 138 Å². The van der Waals surface area contributed by atoms with Crippen molar-refractivity contribution < 1.29 is 0 Å². The standard InChI is InChI=1S/C22H21N/c1-23(21-15-9-4-10-16-21)18-17-22(19-11-5-2-6-12-19)20-13-7-3-8-14-20/h2-17H,18H2,1H3. The molecule has 0 saturated heterocycles. The van der Waals surface area contributed by atoms with Crippen LogP contribution in [0, 0.1) is 0 Å². The van der Waals surface area contributed by atoms with Crippen molar-refractivity contribution in [1.82, 2.24) is 0 Å². The molecule has 0 atom stereocenters. The predicted molar refractivity (Wildman–Crippen MR) is 99.7 cm³/mol. The highest BCUT2D eigenvalue weighted by Crippen LogP contribution is 2.23. The van der Waals surface area contributed by atoms with E-state index in [0.29, 0.717) is 0 Å². The third-order valence-electron chi connectivity index (χ3n) is 3.94. The second kappa shape index (κ2) is 7.46. The van der Waals surface area contributed by atoms with Gasteiger partial charge in [0.25, 0.3) is 0 Å². The third-order valence-corrected chi connectivity index (χ3v) is 3.94. The summed E-state index contributed by atoms with van der Waals surface area (Å²) in [5, 5.41) is 0. The Hall–Kier alpha value is -2.80. The molecular weight excluding hydrogens is 278 g/mol.